The highest BCUT2D eigenvalue weighted by Gasteiger charge is 2.12. The van der Waals surface area contributed by atoms with Crippen LogP contribution in [0.1, 0.15) is 11.4 Å². The summed E-state index contributed by atoms with van der Waals surface area (Å²) in [6, 6.07) is 7.66. The number of hydrogen-bond donors (Lipinski definition) is 0. The van der Waals surface area contributed by atoms with Crippen LogP contribution in [0, 0.1) is 10.5 Å². The van der Waals surface area contributed by atoms with Crippen LogP contribution in [0.25, 0.3) is 11.1 Å². The minimum atomic E-state index is -0.337. The molecule has 0 atom stereocenters. The molecule has 0 saturated heterocycles. The van der Waals surface area contributed by atoms with Gasteiger partial charge in [0, 0.05) is 10.6 Å². The van der Waals surface area contributed by atoms with Crippen LogP contribution in [0.4, 0.5) is 0 Å². The third-order valence-electron chi connectivity index (χ3n) is 3.05. The Kier molecular flexibility index (Phi) is 2.96. The summed E-state index contributed by atoms with van der Waals surface area (Å²) in [5, 5.41) is 4.29. The SMILES string of the molecule is Cc1cc(Cn2c(=O)oc3ccc(I)cc32)n(C)n1. The van der Waals surface area contributed by atoms with Crippen molar-refractivity contribution < 1.29 is 4.42 Å². The van der Waals surface area contributed by atoms with Crippen molar-refractivity contribution >= 4 is 33.7 Å². The van der Waals surface area contributed by atoms with Gasteiger partial charge in [-0.2, -0.15) is 5.10 Å². The van der Waals surface area contributed by atoms with Gasteiger partial charge in [-0.15, -0.1) is 0 Å². The molecule has 0 aliphatic heterocycles. The van der Waals surface area contributed by atoms with Crippen LogP contribution in [-0.2, 0) is 13.6 Å². The molecule has 0 N–H and O–H groups in total. The topological polar surface area (TPSA) is 53.0 Å². The molecule has 2 heterocycles. The fraction of sp³-hybridized carbons (Fsp3) is 0.231. The average molecular weight is 369 g/mol. The monoisotopic (exact) mass is 369 g/mol. The van der Waals surface area contributed by atoms with E-state index in [1.54, 1.807) is 9.25 Å². The zero-order chi connectivity index (χ0) is 13.6. The van der Waals surface area contributed by atoms with Gasteiger partial charge in [0.1, 0.15) is 0 Å². The van der Waals surface area contributed by atoms with Gasteiger partial charge in [-0.3, -0.25) is 9.25 Å². The van der Waals surface area contributed by atoms with Gasteiger partial charge in [0.25, 0.3) is 0 Å². The summed E-state index contributed by atoms with van der Waals surface area (Å²) in [4.78, 5) is 11.9. The van der Waals surface area contributed by atoms with Crippen molar-refractivity contribution in [3.8, 4) is 0 Å². The van der Waals surface area contributed by atoms with E-state index in [2.05, 4.69) is 27.7 Å². The summed E-state index contributed by atoms with van der Waals surface area (Å²) in [6.45, 7) is 2.39. The average Bonchev–Trinajstić information content (AvgIpc) is 2.81. The summed E-state index contributed by atoms with van der Waals surface area (Å²) in [5.41, 5.74) is 3.34. The molecular formula is C13H12IN3O2. The van der Waals surface area contributed by atoms with E-state index < -0.39 is 0 Å². The molecule has 0 amide bonds. The molecule has 0 radical (unpaired) electrons. The predicted octanol–water partition coefficient (Wildman–Crippen LogP) is 2.29. The van der Waals surface area contributed by atoms with Crippen molar-refractivity contribution in [2.75, 3.05) is 0 Å². The number of nitrogens with zero attached hydrogens (tertiary/aromatic N) is 3. The molecule has 0 bridgehead atoms. The first-order chi connectivity index (χ1) is 9.04. The second kappa shape index (κ2) is 4.52. The molecule has 3 aromatic rings. The fourth-order valence-electron chi connectivity index (χ4n) is 2.16. The first kappa shape index (κ1) is 12.5. The summed E-state index contributed by atoms with van der Waals surface area (Å²) in [5.74, 6) is -0.337. The highest BCUT2D eigenvalue weighted by atomic mass is 127. The van der Waals surface area contributed by atoms with Crippen LogP contribution in [0.2, 0.25) is 0 Å². The minimum absolute atomic E-state index is 0.337. The van der Waals surface area contributed by atoms with Crippen LogP contribution < -0.4 is 5.76 Å². The molecule has 1 aromatic carbocycles. The molecule has 0 unspecified atom stereocenters. The van der Waals surface area contributed by atoms with E-state index in [1.165, 1.54) is 0 Å². The lowest BCUT2D eigenvalue weighted by Crippen LogP contribution is -2.16. The van der Waals surface area contributed by atoms with Crippen LogP contribution in [0.3, 0.4) is 0 Å². The Morgan fingerprint density at radius 1 is 1.37 bits per heavy atom. The van der Waals surface area contributed by atoms with E-state index in [0.29, 0.717) is 12.1 Å². The third-order valence-corrected chi connectivity index (χ3v) is 3.72. The van der Waals surface area contributed by atoms with E-state index >= 15 is 0 Å². The number of benzene rings is 1. The number of hydrogen-bond acceptors (Lipinski definition) is 3. The Labute approximate surface area is 123 Å². The number of aryl methyl sites for hydroxylation is 2. The molecule has 3 rings (SSSR count). The smallest absolute Gasteiger partial charge is 0.408 e. The Morgan fingerprint density at radius 2 is 2.16 bits per heavy atom. The van der Waals surface area contributed by atoms with E-state index in [4.69, 9.17) is 4.42 Å². The van der Waals surface area contributed by atoms with Crippen molar-refractivity contribution in [2.45, 2.75) is 13.5 Å². The minimum Gasteiger partial charge on any atom is -0.408 e. The van der Waals surface area contributed by atoms with Crippen molar-refractivity contribution in [1.29, 1.82) is 0 Å². The molecule has 19 heavy (non-hydrogen) atoms. The molecule has 0 aliphatic carbocycles. The highest BCUT2D eigenvalue weighted by molar-refractivity contribution is 14.1. The molecule has 2 aromatic heterocycles. The van der Waals surface area contributed by atoms with Gasteiger partial charge < -0.3 is 4.42 Å². The van der Waals surface area contributed by atoms with Gasteiger partial charge in [0.15, 0.2) is 5.58 Å². The maximum atomic E-state index is 11.9. The molecule has 6 heteroatoms. The van der Waals surface area contributed by atoms with Gasteiger partial charge in [-0.05, 0) is 53.8 Å². The Morgan fingerprint density at radius 3 is 2.84 bits per heavy atom. The number of halogens is 1. The van der Waals surface area contributed by atoms with Gasteiger partial charge in [0.05, 0.1) is 23.4 Å². The fourth-order valence-corrected chi connectivity index (χ4v) is 2.63. The zero-order valence-corrected chi connectivity index (χ0v) is 12.7. The maximum absolute atomic E-state index is 11.9. The van der Waals surface area contributed by atoms with Crippen LogP contribution in [0.5, 0.6) is 0 Å². The molecule has 98 valence electrons. The first-order valence-corrected chi connectivity index (χ1v) is 6.91. The van der Waals surface area contributed by atoms with Crippen LogP contribution >= 0.6 is 22.6 Å². The molecule has 0 saturated carbocycles. The van der Waals surface area contributed by atoms with E-state index in [0.717, 1.165) is 20.5 Å². The number of fused-ring (bicyclic) bond motifs is 1. The summed E-state index contributed by atoms with van der Waals surface area (Å²) in [7, 11) is 1.87. The van der Waals surface area contributed by atoms with Gasteiger partial charge in [-0.1, -0.05) is 0 Å². The lowest BCUT2D eigenvalue weighted by Gasteiger charge is -2.03. The first-order valence-electron chi connectivity index (χ1n) is 5.83. The zero-order valence-electron chi connectivity index (χ0n) is 10.6. The molecular weight excluding hydrogens is 357 g/mol. The second-order valence-corrected chi connectivity index (χ2v) is 5.71. The quantitative estimate of drug-likeness (QED) is 0.652. The molecule has 0 fully saturated rings. The van der Waals surface area contributed by atoms with Gasteiger partial charge >= 0.3 is 5.76 Å². The molecule has 5 nitrogen and oxygen atoms in total. The second-order valence-electron chi connectivity index (χ2n) is 4.47. The lowest BCUT2D eigenvalue weighted by atomic mass is 10.3. The Balaban J connectivity index is 2.14. The summed E-state index contributed by atoms with van der Waals surface area (Å²) < 4.78 is 9.74. The van der Waals surface area contributed by atoms with E-state index in [-0.39, 0.29) is 5.76 Å². The Bertz CT molecular complexity index is 813. The summed E-state index contributed by atoms with van der Waals surface area (Å²) >= 11 is 2.22. The Hall–Kier alpha value is -1.57. The highest BCUT2D eigenvalue weighted by Crippen LogP contribution is 2.17. The summed E-state index contributed by atoms with van der Waals surface area (Å²) in [6.07, 6.45) is 0. The van der Waals surface area contributed by atoms with Gasteiger partial charge in [0.2, 0.25) is 0 Å². The number of aromatic nitrogens is 3. The molecule has 0 aliphatic rings. The van der Waals surface area contributed by atoms with E-state index in [9.17, 15) is 4.79 Å². The van der Waals surface area contributed by atoms with Crippen LogP contribution in [-0.4, -0.2) is 14.3 Å². The van der Waals surface area contributed by atoms with Crippen molar-refractivity contribution in [2.24, 2.45) is 7.05 Å². The van der Waals surface area contributed by atoms with Crippen LogP contribution in [0.15, 0.2) is 33.5 Å². The number of rotatable bonds is 2. The standard InChI is InChI=1S/C13H12IN3O2/c1-8-5-10(16(2)15-8)7-17-11-6-9(14)3-4-12(11)19-13(17)18/h3-6H,7H2,1-2H3. The predicted molar refractivity (Wildman–Crippen MR) is 80.2 cm³/mol. The number of oxazole rings is 1. The largest absolute Gasteiger partial charge is 0.420 e. The van der Waals surface area contributed by atoms with Crippen molar-refractivity contribution in [1.82, 2.24) is 14.3 Å². The van der Waals surface area contributed by atoms with Crippen molar-refractivity contribution in [3.05, 3.63) is 49.8 Å². The third kappa shape index (κ3) is 2.20. The molecule has 0 spiro atoms. The normalized spacial score (nSPS) is 11.3. The maximum Gasteiger partial charge on any atom is 0.420 e. The van der Waals surface area contributed by atoms with E-state index in [1.807, 2.05) is 38.2 Å². The van der Waals surface area contributed by atoms with Crippen molar-refractivity contribution in [3.63, 3.8) is 0 Å². The lowest BCUT2D eigenvalue weighted by molar-refractivity contribution is 0.511. The van der Waals surface area contributed by atoms with Gasteiger partial charge in [-0.25, -0.2) is 4.79 Å².